The molecular weight excluding hydrogens is 540 g/mol. The van der Waals surface area contributed by atoms with Crippen LogP contribution >= 0.6 is 15.9 Å². The summed E-state index contributed by atoms with van der Waals surface area (Å²) in [5, 5.41) is 3.05. The van der Waals surface area contributed by atoms with E-state index in [9.17, 15) is 9.59 Å². The first-order chi connectivity index (χ1) is 18.3. The molecule has 5 nitrogen and oxygen atoms in total. The Morgan fingerprint density at radius 3 is 2.32 bits per heavy atom. The maximum Gasteiger partial charge on any atom is 0.261 e. The van der Waals surface area contributed by atoms with Gasteiger partial charge in [0.2, 0.25) is 5.91 Å². The molecule has 3 aromatic carbocycles. The largest absolute Gasteiger partial charge is 0.483 e. The number of carbonyl (C=O) groups excluding carboxylic acids is 2. The quantitative estimate of drug-likeness (QED) is 0.226. The molecule has 0 aliphatic carbocycles. The van der Waals surface area contributed by atoms with E-state index in [1.165, 1.54) is 5.56 Å². The van der Waals surface area contributed by atoms with Crippen LogP contribution in [-0.2, 0) is 22.6 Å². The predicted molar refractivity (Wildman–Crippen MR) is 157 cm³/mol. The van der Waals surface area contributed by atoms with Gasteiger partial charge in [-0.05, 0) is 64.0 Å². The molecule has 0 fully saturated rings. The van der Waals surface area contributed by atoms with Crippen LogP contribution in [0.15, 0.2) is 77.3 Å². The fourth-order valence-corrected chi connectivity index (χ4v) is 4.68. The van der Waals surface area contributed by atoms with Crippen molar-refractivity contribution in [1.82, 2.24) is 10.2 Å². The third-order valence-electron chi connectivity index (χ3n) is 6.55. The van der Waals surface area contributed by atoms with Crippen molar-refractivity contribution in [2.45, 2.75) is 65.5 Å². The summed E-state index contributed by atoms with van der Waals surface area (Å²) in [6.07, 6.45) is 2.29. The van der Waals surface area contributed by atoms with Gasteiger partial charge in [-0.3, -0.25) is 9.59 Å². The number of unbranched alkanes of at least 4 members (excludes halogenated alkanes) is 1. The summed E-state index contributed by atoms with van der Waals surface area (Å²) in [5.41, 5.74) is 4.29. The summed E-state index contributed by atoms with van der Waals surface area (Å²) in [6.45, 7) is 9.11. The SMILES string of the molecule is CCCCNC(=O)C(Cc1ccccc1)N(Cc1ccc(C)cc1)C(=O)COc1ccc(C(C)C)cc1Br. The van der Waals surface area contributed by atoms with Gasteiger partial charge in [-0.15, -0.1) is 0 Å². The van der Waals surface area contributed by atoms with Crippen molar-refractivity contribution in [3.05, 3.63) is 99.5 Å². The molecule has 3 aromatic rings. The molecule has 1 atom stereocenters. The summed E-state index contributed by atoms with van der Waals surface area (Å²) in [6, 6.07) is 23.1. The van der Waals surface area contributed by atoms with Crippen molar-refractivity contribution in [2.24, 2.45) is 0 Å². The zero-order valence-electron chi connectivity index (χ0n) is 22.9. The monoisotopic (exact) mass is 578 g/mol. The van der Waals surface area contributed by atoms with E-state index in [-0.39, 0.29) is 18.4 Å². The predicted octanol–water partition coefficient (Wildman–Crippen LogP) is 6.82. The fourth-order valence-electron chi connectivity index (χ4n) is 4.17. The zero-order chi connectivity index (χ0) is 27.5. The van der Waals surface area contributed by atoms with Gasteiger partial charge >= 0.3 is 0 Å². The minimum Gasteiger partial charge on any atom is -0.483 e. The van der Waals surface area contributed by atoms with Crippen LogP contribution in [0.1, 0.15) is 61.8 Å². The summed E-state index contributed by atoms with van der Waals surface area (Å²) >= 11 is 3.58. The molecule has 1 unspecified atom stereocenters. The number of halogens is 1. The third kappa shape index (κ3) is 8.73. The lowest BCUT2D eigenvalue weighted by atomic mass is 10.0. The van der Waals surface area contributed by atoms with Crippen LogP contribution < -0.4 is 10.1 Å². The van der Waals surface area contributed by atoms with E-state index in [1.54, 1.807) is 4.90 Å². The minimum absolute atomic E-state index is 0.148. The van der Waals surface area contributed by atoms with E-state index in [0.29, 0.717) is 31.2 Å². The maximum atomic E-state index is 13.7. The van der Waals surface area contributed by atoms with Crippen LogP contribution in [0.25, 0.3) is 0 Å². The molecule has 0 bridgehead atoms. The highest BCUT2D eigenvalue weighted by molar-refractivity contribution is 9.10. The van der Waals surface area contributed by atoms with Crippen molar-refractivity contribution in [1.29, 1.82) is 0 Å². The number of hydrogen-bond acceptors (Lipinski definition) is 3. The van der Waals surface area contributed by atoms with Gasteiger partial charge in [0.05, 0.1) is 4.47 Å². The Morgan fingerprint density at radius 2 is 1.68 bits per heavy atom. The number of nitrogens with zero attached hydrogens (tertiary/aromatic N) is 1. The number of ether oxygens (including phenoxy) is 1. The topological polar surface area (TPSA) is 58.6 Å². The molecule has 0 radical (unpaired) electrons. The first kappa shape index (κ1) is 29.4. The highest BCUT2D eigenvalue weighted by Gasteiger charge is 2.30. The molecular formula is C32H39BrN2O3. The molecule has 38 heavy (non-hydrogen) atoms. The van der Waals surface area contributed by atoms with Crippen molar-refractivity contribution < 1.29 is 14.3 Å². The summed E-state index contributed by atoms with van der Waals surface area (Å²) in [5.74, 6) is 0.601. The van der Waals surface area contributed by atoms with Gasteiger partial charge in [-0.2, -0.15) is 0 Å². The Balaban J connectivity index is 1.88. The average molecular weight is 580 g/mol. The molecule has 0 spiro atoms. The molecule has 3 rings (SSSR count). The van der Waals surface area contributed by atoms with Gasteiger partial charge < -0.3 is 15.0 Å². The molecule has 0 saturated carbocycles. The van der Waals surface area contributed by atoms with Crippen molar-refractivity contribution >= 4 is 27.7 Å². The average Bonchev–Trinajstić information content (AvgIpc) is 2.91. The third-order valence-corrected chi connectivity index (χ3v) is 7.17. The summed E-state index contributed by atoms with van der Waals surface area (Å²) < 4.78 is 6.79. The molecule has 0 aromatic heterocycles. The Labute approximate surface area is 235 Å². The first-order valence-corrected chi connectivity index (χ1v) is 14.2. The van der Waals surface area contributed by atoms with Gasteiger partial charge in [0.15, 0.2) is 6.61 Å². The van der Waals surface area contributed by atoms with Gasteiger partial charge in [0.1, 0.15) is 11.8 Å². The lowest BCUT2D eigenvalue weighted by Gasteiger charge is -2.31. The van der Waals surface area contributed by atoms with Crippen molar-refractivity contribution in [3.63, 3.8) is 0 Å². The number of amides is 2. The Morgan fingerprint density at radius 1 is 0.974 bits per heavy atom. The van der Waals surface area contributed by atoms with Crippen LogP contribution in [0.5, 0.6) is 5.75 Å². The van der Waals surface area contributed by atoms with Gasteiger partial charge in [-0.1, -0.05) is 93.4 Å². The first-order valence-electron chi connectivity index (χ1n) is 13.4. The van der Waals surface area contributed by atoms with E-state index in [0.717, 1.165) is 34.0 Å². The summed E-state index contributed by atoms with van der Waals surface area (Å²) in [4.78, 5) is 28.9. The van der Waals surface area contributed by atoms with Crippen LogP contribution in [0.2, 0.25) is 0 Å². The van der Waals surface area contributed by atoms with Crippen LogP contribution in [0, 0.1) is 6.92 Å². The molecule has 0 heterocycles. The number of nitrogens with one attached hydrogen (secondary N) is 1. The Hall–Kier alpha value is -3.12. The lowest BCUT2D eigenvalue weighted by Crippen LogP contribution is -2.51. The fraction of sp³-hybridized carbons (Fsp3) is 0.375. The normalized spacial score (nSPS) is 11.7. The zero-order valence-corrected chi connectivity index (χ0v) is 24.5. The number of rotatable bonds is 13. The highest BCUT2D eigenvalue weighted by atomic mass is 79.9. The minimum atomic E-state index is -0.668. The number of benzene rings is 3. The molecule has 202 valence electrons. The molecule has 1 N–H and O–H groups in total. The molecule has 0 aliphatic heterocycles. The summed E-state index contributed by atoms with van der Waals surface area (Å²) in [7, 11) is 0. The second-order valence-electron chi connectivity index (χ2n) is 9.99. The lowest BCUT2D eigenvalue weighted by molar-refractivity contribution is -0.142. The Kier molecular flexibility index (Phi) is 11.4. The van der Waals surface area contributed by atoms with E-state index in [1.807, 2.05) is 79.7 Å². The Bertz CT molecular complexity index is 1180. The van der Waals surface area contributed by atoms with Gasteiger partial charge in [0, 0.05) is 19.5 Å². The standard InChI is InChI=1S/C32H39BrN2O3/c1-5-6-18-34-32(37)29(19-25-10-8-7-9-11-25)35(21-26-14-12-24(4)13-15-26)31(36)22-38-30-17-16-27(23(2)3)20-28(30)33/h7-17,20,23,29H,5-6,18-19,21-22H2,1-4H3,(H,34,37). The van der Waals surface area contributed by atoms with Gasteiger partial charge in [0.25, 0.3) is 5.91 Å². The van der Waals surface area contributed by atoms with Crippen molar-refractivity contribution in [2.75, 3.05) is 13.2 Å². The second-order valence-corrected chi connectivity index (χ2v) is 10.8. The van der Waals surface area contributed by atoms with Crippen LogP contribution in [0.4, 0.5) is 0 Å². The molecule has 0 aliphatic rings. The van der Waals surface area contributed by atoms with Crippen LogP contribution in [-0.4, -0.2) is 35.9 Å². The molecule has 6 heteroatoms. The molecule has 2 amide bonds. The maximum absolute atomic E-state index is 13.7. The highest BCUT2D eigenvalue weighted by Crippen LogP contribution is 2.29. The number of aryl methyl sites for hydroxylation is 1. The van der Waals surface area contributed by atoms with E-state index < -0.39 is 6.04 Å². The second kappa shape index (κ2) is 14.7. The van der Waals surface area contributed by atoms with Crippen LogP contribution in [0.3, 0.4) is 0 Å². The number of hydrogen-bond donors (Lipinski definition) is 1. The van der Waals surface area contributed by atoms with Gasteiger partial charge in [-0.25, -0.2) is 0 Å². The number of carbonyl (C=O) groups is 2. The molecule has 0 saturated heterocycles. The van der Waals surface area contributed by atoms with E-state index >= 15 is 0 Å². The smallest absolute Gasteiger partial charge is 0.261 e. The van der Waals surface area contributed by atoms with E-state index in [2.05, 4.69) is 42.0 Å². The van der Waals surface area contributed by atoms with E-state index in [4.69, 9.17) is 4.74 Å². The van der Waals surface area contributed by atoms with Crippen molar-refractivity contribution in [3.8, 4) is 5.75 Å².